The second-order valence-corrected chi connectivity index (χ2v) is 4.78. The molecule has 2 nitrogen and oxygen atoms in total. The van der Waals surface area contributed by atoms with Crippen molar-refractivity contribution < 1.29 is 4.74 Å². The van der Waals surface area contributed by atoms with E-state index in [-0.39, 0.29) is 0 Å². The van der Waals surface area contributed by atoms with Gasteiger partial charge in [0, 0.05) is 16.6 Å². The van der Waals surface area contributed by atoms with Crippen molar-refractivity contribution in [2.24, 2.45) is 5.92 Å². The number of rotatable bonds is 4. The van der Waals surface area contributed by atoms with Gasteiger partial charge in [-0.3, -0.25) is 0 Å². The van der Waals surface area contributed by atoms with E-state index < -0.39 is 0 Å². The summed E-state index contributed by atoms with van der Waals surface area (Å²) in [5, 5.41) is 4.16. The van der Waals surface area contributed by atoms with Crippen molar-refractivity contribution in [3.63, 3.8) is 0 Å². The first-order valence-corrected chi connectivity index (χ1v) is 6.14. The molecule has 1 aromatic carbocycles. The van der Waals surface area contributed by atoms with Gasteiger partial charge in [-0.15, -0.1) is 0 Å². The van der Waals surface area contributed by atoms with Crippen LogP contribution in [0.25, 0.3) is 0 Å². The Kier molecular flexibility index (Phi) is 3.72. The monoisotopic (exact) mass is 239 g/mol. The molecule has 3 heteroatoms. The Balaban J connectivity index is 2.31. The van der Waals surface area contributed by atoms with Gasteiger partial charge >= 0.3 is 0 Å². The minimum Gasteiger partial charge on any atom is -0.496 e. The summed E-state index contributed by atoms with van der Waals surface area (Å²) in [5.74, 6) is 1.65. The topological polar surface area (TPSA) is 21.3 Å². The maximum Gasteiger partial charge on any atom is 0.123 e. The second kappa shape index (κ2) is 5.07. The molecule has 0 amide bonds. The van der Waals surface area contributed by atoms with Gasteiger partial charge in [0.25, 0.3) is 0 Å². The van der Waals surface area contributed by atoms with Crippen molar-refractivity contribution in [2.75, 3.05) is 14.2 Å². The van der Waals surface area contributed by atoms with Crippen LogP contribution < -0.4 is 10.1 Å². The largest absolute Gasteiger partial charge is 0.496 e. The van der Waals surface area contributed by atoms with Crippen molar-refractivity contribution in [1.29, 1.82) is 0 Å². The zero-order valence-electron chi connectivity index (χ0n) is 9.79. The van der Waals surface area contributed by atoms with Crippen LogP contribution in [-0.4, -0.2) is 14.2 Å². The standard InChI is InChI=1S/C13H18ClNO/c1-15-13(9-4-3-5-9)11-8-10(14)6-7-12(11)16-2/h6-9,13,15H,3-5H2,1-2H3. The van der Waals surface area contributed by atoms with Crippen LogP contribution in [0.1, 0.15) is 30.9 Å². The Bertz CT molecular complexity index is 363. The van der Waals surface area contributed by atoms with Crippen molar-refractivity contribution in [3.05, 3.63) is 28.8 Å². The van der Waals surface area contributed by atoms with Crippen molar-refractivity contribution in [1.82, 2.24) is 5.32 Å². The van der Waals surface area contributed by atoms with Gasteiger partial charge in [0.15, 0.2) is 0 Å². The Labute approximate surface area is 102 Å². The highest BCUT2D eigenvalue weighted by Gasteiger charge is 2.29. The van der Waals surface area contributed by atoms with Crippen LogP contribution in [-0.2, 0) is 0 Å². The number of benzene rings is 1. The summed E-state index contributed by atoms with van der Waals surface area (Å²) in [6, 6.07) is 6.19. The molecule has 1 fully saturated rings. The molecule has 1 aliphatic carbocycles. The third-order valence-electron chi connectivity index (χ3n) is 3.46. The Hall–Kier alpha value is -0.730. The highest BCUT2D eigenvalue weighted by atomic mass is 35.5. The van der Waals surface area contributed by atoms with Crippen LogP contribution in [0.3, 0.4) is 0 Å². The number of hydrogen-bond acceptors (Lipinski definition) is 2. The smallest absolute Gasteiger partial charge is 0.123 e. The first kappa shape index (κ1) is 11.7. The van der Waals surface area contributed by atoms with E-state index in [0.717, 1.165) is 16.7 Å². The summed E-state index contributed by atoms with van der Waals surface area (Å²) in [6.45, 7) is 0. The molecule has 1 N–H and O–H groups in total. The molecule has 1 unspecified atom stereocenters. The van der Waals surface area contributed by atoms with Crippen molar-refractivity contribution in [3.8, 4) is 5.75 Å². The molecule has 0 radical (unpaired) electrons. The minimum atomic E-state index is 0.363. The molecule has 0 heterocycles. The SMILES string of the molecule is CNC(c1cc(Cl)ccc1OC)C1CCC1. The van der Waals surface area contributed by atoms with Crippen LogP contribution in [0, 0.1) is 5.92 Å². The summed E-state index contributed by atoms with van der Waals surface area (Å²) in [4.78, 5) is 0. The Morgan fingerprint density at radius 3 is 2.69 bits per heavy atom. The lowest BCUT2D eigenvalue weighted by Crippen LogP contribution is -2.30. The fourth-order valence-corrected chi connectivity index (χ4v) is 2.55. The van der Waals surface area contributed by atoms with E-state index in [2.05, 4.69) is 5.32 Å². The molecule has 2 rings (SSSR count). The lowest BCUT2D eigenvalue weighted by molar-refractivity contribution is 0.235. The highest BCUT2D eigenvalue weighted by Crippen LogP contribution is 2.41. The molecule has 1 aromatic rings. The van der Waals surface area contributed by atoms with Crippen LogP contribution >= 0.6 is 11.6 Å². The quantitative estimate of drug-likeness (QED) is 0.870. The molecule has 1 saturated carbocycles. The van der Waals surface area contributed by atoms with E-state index in [0.29, 0.717) is 6.04 Å². The molecule has 0 spiro atoms. The van der Waals surface area contributed by atoms with Crippen LogP contribution in [0.5, 0.6) is 5.75 Å². The Morgan fingerprint density at radius 1 is 1.44 bits per heavy atom. The molecular weight excluding hydrogens is 222 g/mol. The van der Waals surface area contributed by atoms with Gasteiger partial charge in [-0.05, 0) is 44.0 Å². The van der Waals surface area contributed by atoms with E-state index in [9.17, 15) is 0 Å². The van der Waals surface area contributed by atoms with Gasteiger partial charge in [-0.1, -0.05) is 18.0 Å². The average Bonchev–Trinajstić information content (AvgIpc) is 2.23. The molecule has 16 heavy (non-hydrogen) atoms. The van der Waals surface area contributed by atoms with E-state index in [1.54, 1.807) is 7.11 Å². The normalized spacial score (nSPS) is 17.9. The zero-order valence-corrected chi connectivity index (χ0v) is 10.6. The minimum absolute atomic E-state index is 0.363. The number of methoxy groups -OCH3 is 1. The highest BCUT2D eigenvalue weighted by molar-refractivity contribution is 6.30. The van der Waals surface area contributed by atoms with Crippen LogP contribution in [0.2, 0.25) is 5.02 Å². The Morgan fingerprint density at radius 2 is 2.19 bits per heavy atom. The van der Waals surface area contributed by atoms with Gasteiger partial charge in [0.1, 0.15) is 5.75 Å². The van der Waals surface area contributed by atoms with Crippen LogP contribution in [0.15, 0.2) is 18.2 Å². The maximum atomic E-state index is 6.06. The average molecular weight is 240 g/mol. The summed E-state index contributed by atoms with van der Waals surface area (Å²) in [6.07, 6.45) is 3.92. The number of hydrogen-bond donors (Lipinski definition) is 1. The molecule has 0 bridgehead atoms. The fourth-order valence-electron chi connectivity index (χ4n) is 2.37. The van der Waals surface area contributed by atoms with Gasteiger partial charge in [0.2, 0.25) is 0 Å². The van der Waals surface area contributed by atoms with E-state index in [1.165, 1.54) is 24.8 Å². The molecule has 1 aliphatic rings. The summed E-state index contributed by atoms with van der Waals surface area (Å²) in [7, 11) is 3.71. The maximum absolute atomic E-state index is 6.06. The number of nitrogens with one attached hydrogen (secondary N) is 1. The predicted octanol–water partition coefficient (Wildman–Crippen LogP) is 3.41. The van der Waals surface area contributed by atoms with E-state index in [4.69, 9.17) is 16.3 Å². The lowest BCUT2D eigenvalue weighted by atomic mass is 9.77. The molecule has 0 aliphatic heterocycles. The molecular formula is C13H18ClNO. The fraction of sp³-hybridized carbons (Fsp3) is 0.538. The summed E-state index contributed by atoms with van der Waals surface area (Å²) < 4.78 is 5.40. The zero-order chi connectivity index (χ0) is 11.5. The van der Waals surface area contributed by atoms with E-state index in [1.807, 2.05) is 25.2 Å². The van der Waals surface area contributed by atoms with Gasteiger partial charge in [0.05, 0.1) is 7.11 Å². The van der Waals surface area contributed by atoms with E-state index >= 15 is 0 Å². The third-order valence-corrected chi connectivity index (χ3v) is 3.69. The molecule has 0 aromatic heterocycles. The predicted molar refractivity (Wildman–Crippen MR) is 67.1 cm³/mol. The summed E-state index contributed by atoms with van der Waals surface area (Å²) in [5.41, 5.74) is 1.18. The van der Waals surface area contributed by atoms with Gasteiger partial charge < -0.3 is 10.1 Å². The van der Waals surface area contributed by atoms with Gasteiger partial charge in [-0.25, -0.2) is 0 Å². The molecule has 1 atom stereocenters. The first-order valence-electron chi connectivity index (χ1n) is 5.77. The van der Waals surface area contributed by atoms with Crippen LogP contribution in [0.4, 0.5) is 0 Å². The first-order chi connectivity index (χ1) is 7.76. The van der Waals surface area contributed by atoms with Crippen molar-refractivity contribution in [2.45, 2.75) is 25.3 Å². The lowest BCUT2D eigenvalue weighted by Gasteiger charge is -2.34. The second-order valence-electron chi connectivity index (χ2n) is 4.34. The third kappa shape index (κ3) is 2.18. The summed E-state index contributed by atoms with van der Waals surface area (Å²) >= 11 is 6.06. The molecule has 88 valence electrons. The van der Waals surface area contributed by atoms with Gasteiger partial charge in [-0.2, -0.15) is 0 Å². The van der Waals surface area contributed by atoms with Crippen molar-refractivity contribution >= 4 is 11.6 Å². The number of ether oxygens (including phenoxy) is 1. The molecule has 0 saturated heterocycles. The number of halogens is 1.